The number of nitrogens with one attached hydrogen (secondary N) is 1. The van der Waals surface area contributed by atoms with Crippen LogP contribution in [-0.2, 0) is 26.2 Å². The molecule has 0 aromatic heterocycles. The molecule has 11 heteroatoms. The molecule has 0 aliphatic heterocycles. The fraction of sp³-hybridized carbons (Fsp3) is 0.333. The van der Waals surface area contributed by atoms with Crippen LogP contribution in [0.25, 0.3) is 0 Å². The summed E-state index contributed by atoms with van der Waals surface area (Å²) >= 11 is 16.1. The Morgan fingerprint density at radius 3 is 2.29 bits per heavy atom. The van der Waals surface area contributed by atoms with Crippen LogP contribution in [0, 0.1) is 0 Å². The number of carbonyl (C=O) groups is 2. The highest BCUT2D eigenvalue weighted by atomic mass is 79.9. The van der Waals surface area contributed by atoms with Gasteiger partial charge in [0.25, 0.3) is 10.0 Å². The Kier molecular flexibility index (Phi) is 10.7. The molecule has 4 rings (SSSR count). The normalized spacial score (nSPS) is 14.7. The number of carbonyl (C=O) groups excluding carboxylic acids is 2. The van der Waals surface area contributed by atoms with Gasteiger partial charge in [-0.15, -0.1) is 0 Å². The number of amides is 2. The summed E-state index contributed by atoms with van der Waals surface area (Å²) in [6.45, 7) is 1.18. The average molecular weight is 681 g/mol. The van der Waals surface area contributed by atoms with E-state index in [-0.39, 0.29) is 39.1 Å². The second-order valence-electron chi connectivity index (χ2n) is 10.1. The van der Waals surface area contributed by atoms with E-state index in [1.165, 1.54) is 29.2 Å². The van der Waals surface area contributed by atoms with Gasteiger partial charge in [-0.3, -0.25) is 13.9 Å². The monoisotopic (exact) mass is 679 g/mol. The van der Waals surface area contributed by atoms with Crippen LogP contribution in [0.2, 0.25) is 10.0 Å². The van der Waals surface area contributed by atoms with Gasteiger partial charge in [-0.25, -0.2) is 8.42 Å². The van der Waals surface area contributed by atoms with Crippen molar-refractivity contribution in [2.75, 3.05) is 10.8 Å². The SMILES string of the molecule is C[C@H](C(=O)NC1CCCCC1)N(Cc1ccc(Br)cc1)C(=O)CN(c1cc(Cl)ccc1Cl)S(=O)(=O)c1ccccc1. The van der Waals surface area contributed by atoms with Gasteiger partial charge >= 0.3 is 0 Å². The van der Waals surface area contributed by atoms with Crippen LogP contribution in [0.4, 0.5) is 5.69 Å². The molecule has 0 spiro atoms. The summed E-state index contributed by atoms with van der Waals surface area (Å²) in [6, 6.07) is 18.8. The fourth-order valence-electron chi connectivity index (χ4n) is 4.85. The molecule has 7 nitrogen and oxygen atoms in total. The van der Waals surface area contributed by atoms with E-state index in [0.29, 0.717) is 0 Å². The molecule has 0 radical (unpaired) electrons. The van der Waals surface area contributed by atoms with Crippen LogP contribution in [0.1, 0.15) is 44.6 Å². The summed E-state index contributed by atoms with van der Waals surface area (Å²) in [5.74, 6) is -0.838. The second kappa shape index (κ2) is 14.1. The molecule has 0 heterocycles. The first-order valence-electron chi connectivity index (χ1n) is 13.4. The van der Waals surface area contributed by atoms with Gasteiger partial charge in [0.15, 0.2) is 0 Å². The third kappa shape index (κ3) is 8.03. The zero-order valence-corrected chi connectivity index (χ0v) is 26.5. The fourth-order valence-corrected chi connectivity index (χ4v) is 6.99. The van der Waals surface area contributed by atoms with Crippen LogP contribution in [0.3, 0.4) is 0 Å². The Hall–Kier alpha value is -2.59. The van der Waals surface area contributed by atoms with Crippen LogP contribution < -0.4 is 9.62 Å². The third-order valence-corrected chi connectivity index (χ3v) is 10.0. The zero-order valence-electron chi connectivity index (χ0n) is 22.6. The van der Waals surface area contributed by atoms with Crippen molar-refractivity contribution >= 4 is 66.7 Å². The molecule has 0 bridgehead atoms. The van der Waals surface area contributed by atoms with Crippen molar-refractivity contribution in [3.05, 3.63) is 92.9 Å². The van der Waals surface area contributed by atoms with Gasteiger partial charge in [-0.1, -0.05) is 88.7 Å². The zero-order chi connectivity index (χ0) is 29.6. The highest BCUT2D eigenvalue weighted by Crippen LogP contribution is 2.33. The van der Waals surface area contributed by atoms with Gasteiger partial charge < -0.3 is 10.2 Å². The maximum absolute atomic E-state index is 14.1. The molecule has 1 N–H and O–H groups in total. The number of rotatable bonds is 10. The predicted molar refractivity (Wildman–Crippen MR) is 167 cm³/mol. The van der Waals surface area contributed by atoms with E-state index in [9.17, 15) is 18.0 Å². The Balaban J connectivity index is 1.69. The van der Waals surface area contributed by atoms with Gasteiger partial charge in [0.2, 0.25) is 11.8 Å². The molecule has 1 aliphatic carbocycles. The maximum Gasteiger partial charge on any atom is 0.264 e. The molecule has 1 atom stereocenters. The number of sulfonamides is 1. The minimum absolute atomic E-state index is 0.00797. The van der Waals surface area contributed by atoms with Crippen molar-refractivity contribution in [1.29, 1.82) is 0 Å². The Labute approximate surface area is 260 Å². The number of halogens is 3. The maximum atomic E-state index is 14.1. The van der Waals surface area contributed by atoms with Gasteiger partial charge in [-0.05, 0) is 67.8 Å². The summed E-state index contributed by atoms with van der Waals surface area (Å²) in [5.41, 5.74) is 0.858. The Morgan fingerprint density at radius 1 is 0.976 bits per heavy atom. The van der Waals surface area contributed by atoms with E-state index in [1.54, 1.807) is 31.2 Å². The number of hydrogen-bond donors (Lipinski definition) is 1. The largest absolute Gasteiger partial charge is 0.352 e. The number of nitrogens with zero attached hydrogens (tertiary/aromatic N) is 2. The molecular weight excluding hydrogens is 649 g/mol. The van der Waals surface area contributed by atoms with Gasteiger partial charge in [-0.2, -0.15) is 0 Å². The lowest BCUT2D eigenvalue weighted by molar-refractivity contribution is -0.139. The van der Waals surface area contributed by atoms with E-state index in [2.05, 4.69) is 21.2 Å². The molecule has 3 aromatic rings. The van der Waals surface area contributed by atoms with Crippen molar-refractivity contribution in [2.24, 2.45) is 0 Å². The van der Waals surface area contributed by atoms with Crippen LogP contribution in [-0.4, -0.2) is 43.8 Å². The first-order chi connectivity index (χ1) is 19.6. The lowest BCUT2D eigenvalue weighted by Crippen LogP contribution is -2.53. The summed E-state index contributed by atoms with van der Waals surface area (Å²) in [6.07, 6.45) is 5.04. The minimum atomic E-state index is -4.23. The quantitative estimate of drug-likeness (QED) is 0.255. The second-order valence-corrected chi connectivity index (χ2v) is 13.7. The number of hydrogen-bond acceptors (Lipinski definition) is 4. The molecule has 1 saturated carbocycles. The van der Waals surface area contributed by atoms with Gasteiger partial charge in [0.05, 0.1) is 15.6 Å². The summed E-state index contributed by atoms with van der Waals surface area (Å²) in [5, 5.41) is 3.47. The van der Waals surface area contributed by atoms with Gasteiger partial charge in [0, 0.05) is 22.1 Å². The summed E-state index contributed by atoms with van der Waals surface area (Å²) in [4.78, 5) is 28.9. The van der Waals surface area contributed by atoms with Gasteiger partial charge in [0.1, 0.15) is 12.6 Å². The van der Waals surface area contributed by atoms with Crippen molar-refractivity contribution < 1.29 is 18.0 Å². The smallest absolute Gasteiger partial charge is 0.264 e. The number of benzene rings is 3. The molecule has 3 aromatic carbocycles. The lowest BCUT2D eigenvalue weighted by atomic mass is 9.95. The molecule has 41 heavy (non-hydrogen) atoms. The van der Waals surface area contributed by atoms with E-state index in [4.69, 9.17) is 23.2 Å². The van der Waals surface area contributed by atoms with Crippen molar-refractivity contribution in [1.82, 2.24) is 10.2 Å². The van der Waals surface area contributed by atoms with Crippen molar-refractivity contribution in [2.45, 2.75) is 62.6 Å². The summed E-state index contributed by atoms with van der Waals surface area (Å²) in [7, 11) is -4.23. The van der Waals surface area contributed by atoms with Crippen molar-refractivity contribution in [3.8, 4) is 0 Å². The number of anilines is 1. The third-order valence-electron chi connectivity index (χ3n) is 7.17. The molecule has 1 fully saturated rings. The minimum Gasteiger partial charge on any atom is -0.352 e. The van der Waals surface area contributed by atoms with E-state index < -0.39 is 28.5 Å². The van der Waals surface area contributed by atoms with E-state index in [1.807, 2.05) is 24.3 Å². The lowest BCUT2D eigenvalue weighted by Gasteiger charge is -2.33. The highest BCUT2D eigenvalue weighted by molar-refractivity contribution is 9.10. The topological polar surface area (TPSA) is 86.8 Å². The first-order valence-corrected chi connectivity index (χ1v) is 16.4. The van der Waals surface area contributed by atoms with E-state index in [0.717, 1.165) is 46.4 Å². The summed E-state index contributed by atoms with van der Waals surface area (Å²) < 4.78 is 29.6. The molecule has 2 amide bonds. The van der Waals surface area contributed by atoms with Crippen LogP contribution >= 0.6 is 39.1 Å². The predicted octanol–water partition coefficient (Wildman–Crippen LogP) is 6.82. The molecule has 0 saturated heterocycles. The molecule has 1 aliphatic rings. The molecule has 218 valence electrons. The molecular formula is C30H32BrCl2N3O4S. The van der Waals surface area contributed by atoms with Crippen molar-refractivity contribution in [3.63, 3.8) is 0 Å². The highest BCUT2D eigenvalue weighted by Gasteiger charge is 2.34. The van der Waals surface area contributed by atoms with Crippen LogP contribution in [0.15, 0.2) is 82.2 Å². The van der Waals surface area contributed by atoms with Crippen LogP contribution in [0.5, 0.6) is 0 Å². The first kappa shape index (κ1) is 31.3. The Bertz CT molecular complexity index is 1470. The molecule has 0 unspecified atom stereocenters. The average Bonchev–Trinajstić information content (AvgIpc) is 2.97. The van der Waals surface area contributed by atoms with E-state index >= 15 is 0 Å². The Morgan fingerprint density at radius 2 is 1.63 bits per heavy atom. The standard InChI is InChI=1S/C30H32BrCl2N3O4S/c1-21(30(38)34-25-8-4-2-5-9-25)35(19-22-12-14-23(31)15-13-22)29(37)20-36(28-18-24(32)16-17-27(28)33)41(39,40)26-10-6-3-7-11-26/h3,6-7,10-18,21,25H,2,4-5,8-9,19-20H2,1H3,(H,34,38)/t21-/m1/s1.